The number of aryl methyl sites for hydroxylation is 1. The van der Waals surface area contributed by atoms with Gasteiger partial charge in [-0.25, -0.2) is 0 Å². The summed E-state index contributed by atoms with van der Waals surface area (Å²) in [5.74, 6) is 0.843. The van der Waals surface area contributed by atoms with Gasteiger partial charge in [-0.2, -0.15) is 12.6 Å². The van der Waals surface area contributed by atoms with Gasteiger partial charge < -0.3 is 10.2 Å². The minimum atomic E-state index is 0.0591. The molecule has 0 aliphatic carbocycles. The molecule has 0 spiro atoms. The highest BCUT2D eigenvalue weighted by Crippen LogP contribution is 2.13. The topological polar surface area (TPSA) is 49.4 Å². The molecule has 1 aliphatic heterocycles. The summed E-state index contributed by atoms with van der Waals surface area (Å²) in [6.45, 7) is 1.47. The molecule has 1 aliphatic rings. The molecule has 1 aromatic rings. The van der Waals surface area contributed by atoms with Gasteiger partial charge in [-0.05, 0) is 30.6 Å². The van der Waals surface area contributed by atoms with E-state index in [1.807, 2.05) is 23.1 Å². The molecule has 2 amide bonds. The summed E-state index contributed by atoms with van der Waals surface area (Å²) in [5, 5.41) is 3.01. The van der Waals surface area contributed by atoms with E-state index in [-0.39, 0.29) is 17.9 Å². The minimum Gasteiger partial charge on any atom is -0.353 e. The average molecular weight is 320 g/mol. The monoisotopic (exact) mass is 320 g/mol. The lowest BCUT2D eigenvalue weighted by Gasteiger charge is -2.32. The maximum absolute atomic E-state index is 12.2. The summed E-state index contributed by atoms with van der Waals surface area (Å²) in [4.78, 5) is 25.7. The van der Waals surface area contributed by atoms with Gasteiger partial charge in [0.15, 0.2) is 0 Å². The molecular formula is C17H24N2O2S. The van der Waals surface area contributed by atoms with Crippen LogP contribution in [-0.4, -0.2) is 41.6 Å². The predicted octanol–water partition coefficient (Wildman–Crippen LogP) is 2.05. The summed E-state index contributed by atoms with van der Waals surface area (Å²) in [6.07, 6.45) is 3.49. The zero-order valence-corrected chi connectivity index (χ0v) is 13.7. The molecule has 0 saturated carbocycles. The molecule has 120 valence electrons. The van der Waals surface area contributed by atoms with Crippen molar-refractivity contribution in [1.82, 2.24) is 10.2 Å². The van der Waals surface area contributed by atoms with E-state index in [0.29, 0.717) is 18.6 Å². The van der Waals surface area contributed by atoms with Crippen molar-refractivity contribution in [3.8, 4) is 0 Å². The molecule has 1 aromatic carbocycles. The maximum atomic E-state index is 12.2. The summed E-state index contributed by atoms with van der Waals surface area (Å²) in [6, 6.07) is 10.3. The van der Waals surface area contributed by atoms with Crippen LogP contribution in [0.5, 0.6) is 0 Å². The lowest BCUT2D eigenvalue weighted by Crippen LogP contribution is -2.46. The standard InChI is InChI=1S/C17H24N2O2S/c20-16(10-13-22)18-15-8-11-19(12-9-15)17(21)7-6-14-4-2-1-3-5-14/h1-5,15,22H,6-13H2,(H,18,20). The zero-order valence-electron chi connectivity index (χ0n) is 12.8. The second kappa shape index (κ2) is 8.83. The number of carbonyl (C=O) groups excluding carboxylic acids is 2. The third kappa shape index (κ3) is 5.37. The molecule has 0 radical (unpaired) electrons. The van der Waals surface area contributed by atoms with Crippen LogP contribution < -0.4 is 5.32 Å². The molecule has 1 heterocycles. The molecule has 0 bridgehead atoms. The van der Waals surface area contributed by atoms with Crippen LogP contribution in [0, 0.1) is 0 Å². The Morgan fingerprint density at radius 2 is 1.82 bits per heavy atom. The van der Waals surface area contributed by atoms with E-state index in [9.17, 15) is 9.59 Å². The van der Waals surface area contributed by atoms with Gasteiger partial charge in [0.2, 0.25) is 11.8 Å². The van der Waals surface area contributed by atoms with Crippen molar-refractivity contribution in [2.75, 3.05) is 18.8 Å². The second-order valence-electron chi connectivity index (χ2n) is 5.68. The van der Waals surface area contributed by atoms with Gasteiger partial charge >= 0.3 is 0 Å². The lowest BCUT2D eigenvalue weighted by atomic mass is 10.0. The predicted molar refractivity (Wildman–Crippen MR) is 91.0 cm³/mol. The van der Waals surface area contributed by atoms with Crippen LogP contribution in [0.3, 0.4) is 0 Å². The van der Waals surface area contributed by atoms with Crippen molar-refractivity contribution in [1.29, 1.82) is 0 Å². The summed E-state index contributed by atoms with van der Waals surface area (Å²) < 4.78 is 0. The first-order chi connectivity index (χ1) is 10.7. The molecule has 1 fully saturated rings. The Balaban J connectivity index is 1.69. The second-order valence-corrected chi connectivity index (χ2v) is 6.13. The fourth-order valence-corrected chi connectivity index (χ4v) is 2.93. The van der Waals surface area contributed by atoms with Crippen LogP contribution in [-0.2, 0) is 16.0 Å². The Bertz CT molecular complexity index is 485. The maximum Gasteiger partial charge on any atom is 0.222 e. The van der Waals surface area contributed by atoms with E-state index >= 15 is 0 Å². The Morgan fingerprint density at radius 1 is 1.14 bits per heavy atom. The third-order valence-corrected chi connectivity index (χ3v) is 4.25. The normalized spacial score (nSPS) is 15.6. The summed E-state index contributed by atoms with van der Waals surface area (Å²) >= 11 is 4.06. The minimum absolute atomic E-state index is 0.0591. The van der Waals surface area contributed by atoms with Crippen molar-refractivity contribution in [2.45, 2.75) is 38.1 Å². The van der Waals surface area contributed by atoms with Crippen LogP contribution in [0.1, 0.15) is 31.2 Å². The Hall–Kier alpha value is -1.49. The number of rotatable bonds is 6. The number of piperidine rings is 1. The molecule has 22 heavy (non-hydrogen) atoms. The fraction of sp³-hybridized carbons (Fsp3) is 0.529. The zero-order chi connectivity index (χ0) is 15.8. The van der Waals surface area contributed by atoms with Crippen LogP contribution in [0.2, 0.25) is 0 Å². The van der Waals surface area contributed by atoms with Crippen LogP contribution in [0.25, 0.3) is 0 Å². The van der Waals surface area contributed by atoms with Gasteiger partial charge in [-0.3, -0.25) is 9.59 Å². The van der Waals surface area contributed by atoms with Gasteiger partial charge in [0.25, 0.3) is 0 Å². The highest BCUT2D eigenvalue weighted by molar-refractivity contribution is 7.80. The quantitative estimate of drug-likeness (QED) is 0.788. The molecule has 2 rings (SSSR count). The van der Waals surface area contributed by atoms with E-state index < -0.39 is 0 Å². The Kier molecular flexibility index (Phi) is 6.77. The van der Waals surface area contributed by atoms with Gasteiger partial charge in [0.05, 0.1) is 0 Å². The van der Waals surface area contributed by atoms with Crippen molar-refractivity contribution in [3.63, 3.8) is 0 Å². The van der Waals surface area contributed by atoms with E-state index in [1.165, 1.54) is 5.56 Å². The molecule has 0 aromatic heterocycles. The highest BCUT2D eigenvalue weighted by atomic mass is 32.1. The first-order valence-corrected chi connectivity index (χ1v) is 8.54. The molecule has 4 nitrogen and oxygen atoms in total. The fourth-order valence-electron chi connectivity index (χ4n) is 2.73. The van der Waals surface area contributed by atoms with Crippen molar-refractivity contribution >= 4 is 24.4 Å². The third-order valence-electron chi connectivity index (χ3n) is 4.02. The van der Waals surface area contributed by atoms with E-state index in [0.717, 1.165) is 32.4 Å². The first-order valence-electron chi connectivity index (χ1n) is 7.91. The number of amides is 2. The number of nitrogens with one attached hydrogen (secondary N) is 1. The van der Waals surface area contributed by atoms with Crippen molar-refractivity contribution in [2.24, 2.45) is 0 Å². The summed E-state index contributed by atoms with van der Waals surface area (Å²) in [7, 11) is 0. The smallest absolute Gasteiger partial charge is 0.222 e. The van der Waals surface area contributed by atoms with Crippen LogP contribution >= 0.6 is 12.6 Å². The molecule has 1 N–H and O–H groups in total. The molecule has 0 atom stereocenters. The number of benzene rings is 1. The number of hydrogen-bond acceptors (Lipinski definition) is 3. The molecular weight excluding hydrogens is 296 g/mol. The molecule has 1 saturated heterocycles. The molecule has 0 unspecified atom stereocenters. The van der Waals surface area contributed by atoms with Gasteiger partial charge in [-0.15, -0.1) is 0 Å². The number of hydrogen-bond donors (Lipinski definition) is 2. The van der Waals surface area contributed by atoms with Crippen molar-refractivity contribution < 1.29 is 9.59 Å². The SMILES string of the molecule is O=C(CCS)NC1CCN(C(=O)CCc2ccccc2)CC1. The summed E-state index contributed by atoms with van der Waals surface area (Å²) in [5.41, 5.74) is 1.20. The van der Waals surface area contributed by atoms with Crippen molar-refractivity contribution in [3.05, 3.63) is 35.9 Å². The average Bonchev–Trinajstić information content (AvgIpc) is 2.54. The van der Waals surface area contributed by atoms with E-state index in [4.69, 9.17) is 0 Å². The lowest BCUT2D eigenvalue weighted by molar-refractivity contribution is -0.132. The van der Waals surface area contributed by atoms with Gasteiger partial charge in [-0.1, -0.05) is 30.3 Å². The highest BCUT2D eigenvalue weighted by Gasteiger charge is 2.23. The number of carbonyl (C=O) groups is 2. The van der Waals surface area contributed by atoms with Gasteiger partial charge in [0.1, 0.15) is 0 Å². The number of nitrogens with zero attached hydrogens (tertiary/aromatic N) is 1. The Morgan fingerprint density at radius 3 is 2.45 bits per heavy atom. The number of thiol groups is 1. The van der Waals surface area contributed by atoms with Gasteiger partial charge in [0, 0.05) is 32.0 Å². The number of likely N-dealkylation sites (tertiary alicyclic amines) is 1. The van der Waals surface area contributed by atoms with Crippen LogP contribution in [0.15, 0.2) is 30.3 Å². The van der Waals surface area contributed by atoms with E-state index in [1.54, 1.807) is 0 Å². The first kappa shape index (κ1) is 16.9. The van der Waals surface area contributed by atoms with E-state index in [2.05, 4.69) is 30.1 Å². The molecule has 5 heteroatoms. The Labute approximate surface area is 137 Å². The largest absolute Gasteiger partial charge is 0.353 e. The van der Waals surface area contributed by atoms with Crippen LogP contribution in [0.4, 0.5) is 0 Å².